The van der Waals surface area contributed by atoms with E-state index in [0.717, 1.165) is 37.4 Å². The van der Waals surface area contributed by atoms with Gasteiger partial charge in [0.1, 0.15) is 0 Å². The monoisotopic (exact) mass is 261 g/mol. The van der Waals surface area contributed by atoms with Crippen molar-refractivity contribution in [3.05, 3.63) is 35.9 Å². The average Bonchev–Trinajstić information content (AvgIpc) is 2.61. The Hall–Kier alpha value is -1.81. The van der Waals surface area contributed by atoms with E-state index in [2.05, 4.69) is 11.8 Å². The number of hydrogen-bond donors (Lipinski definition) is 1. The molecule has 0 spiro atoms. The highest BCUT2D eigenvalue weighted by Crippen LogP contribution is 2.23. The number of hydrogen-bond acceptors (Lipinski definition) is 3. The second-order valence-corrected chi connectivity index (χ2v) is 4.71. The minimum absolute atomic E-state index is 0.194. The highest BCUT2D eigenvalue weighted by molar-refractivity contribution is 5.87. The molecule has 0 aromatic heterocycles. The van der Waals surface area contributed by atoms with E-state index in [1.165, 1.54) is 6.08 Å². The number of nitrogens with zero attached hydrogens (tertiary/aromatic N) is 1. The predicted molar refractivity (Wildman–Crippen MR) is 75.4 cm³/mol. The number of rotatable bonds is 3. The van der Waals surface area contributed by atoms with E-state index < -0.39 is 5.97 Å². The van der Waals surface area contributed by atoms with Crippen molar-refractivity contribution in [2.75, 3.05) is 24.6 Å². The second kappa shape index (κ2) is 6.38. The number of aliphatic carboxylic acids is 1. The lowest BCUT2D eigenvalue weighted by molar-refractivity contribution is -0.131. The summed E-state index contributed by atoms with van der Waals surface area (Å²) in [5.41, 5.74) is 2.00. The quantitative estimate of drug-likeness (QED) is 0.849. The van der Waals surface area contributed by atoms with Crippen LogP contribution in [0.15, 0.2) is 30.3 Å². The normalized spacial score (nSPS) is 20.5. The molecule has 1 aromatic rings. The molecule has 1 aliphatic rings. The molecular weight excluding hydrogens is 242 g/mol. The van der Waals surface area contributed by atoms with Crippen LogP contribution in [0.1, 0.15) is 18.9 Å². The summed E-state index contributed by atoms with van der Waals surface area (Å²) in [5, 5.41) is 8.74. The van der Waals surface area contributed by atoms with Crippen LogP contribution in [0.4, 0.5) is 5.69 Å². The van der Waals surface area contributed by atoms with Gasteiger partial charge in [0, 0.05) is 31.5 Å². The number of para-hydroxylation sites is 1. The summed E-state index contributed by atoms with van der Waals surface area (Å²) in [7, 11) is 0. The molecule has 0 saturated carbocycles. The number of ether oxygens (including phenoxy) is 1. The predicted octanol–water partition coefficient (Wildman–Crippen LogP) is 2.40. The van der Waals surface area contributed by atoms with Gasteiger partial charge in [0.2, 0.25) is 0 Å². The van der Waals surface area contributed by atoms with E-state index in [1.807, 2.05) is 24.3 Å². The van der Waals surface area contributed by atoms with Gasteiger partial charge in [-0.3, -0.25) is 0 Å². The maximum absolute atomic E-state index is 10.6. The molecule has 102 valence electrons. The van der Waals surface area contributed by atoms with Crippen molar-refractivity contribution >= 4 is 17.7 Å². The van der Waals surface area contributed by atoms with Crippen LogP contribution >= 0.6 is 0 Å². The van der Waals surface area contributed by atoms with Crippen molar-refractivity contribution in [1.82, 2.24) is 0 Å². The molecule has 1 heterocycles. The van der Waals surface area contributed by atoms with Crippen molar-refractivity contribution in [2.45, 2.75) is 19.4 Å². The fourth-order valence-electron chi connectivity index (χ4n) is 2.29. The fraction of sp³-hybridized carbons (Fsp3) is 0.400. The number of carboxylic acids is 1. The van der Waals surface area contributed by atoms with Crippen molar-refractivity contribution in [2.24, 2.45) is 0 Å². The summed E-state index contributed by atoms with van der Waals surface area (Å²) in [6.07, 6.45) is 4.01. The second-order valence-electron chi connectivity index (χ2n) is 4.71. The summed E-state index contributed by atoms with van der Waals surface area (Å²) in [5.74, 6) is -0.928. The molecule has 0 aliphatic carbocycles. The molecule has 1 aromatic carbocycles. The van der Waals surface area contributed by atoms with Gasteiger partial charge in [-0.25, -0.2) is 4.79 Å². The molecule has 1 saturated heterocycles. The van der Waals surface area contributed by atoms with Gasteiger partial charge in [0.05, 0.1) is 6.10 Å². The number of carbonyl (C=O) groups is 1. The summed E-state index contributed by atoms with van der Waals surface area (Å²) in [6, 6.07) is 7.86. The Morgan fingerprint density at radius 1 is 1.47 bits per heavy atom. The first kappa shape index (κ1) is 13.6. The van der Waals surface area contributed by atoms with E-state index >= 15 is 0 Å². The molecule has 0 amide bonds. The van der Waals surface area contributed by atoms with Crippen molar-refractivity contribution in [3.63, 3.8) is 0 Å². The van der Waals surface area contributed by atoms with Crippen LogP contribution in [-0.4, -0.2) is 36.9 Å². The Balaban J connectivity index is 2.25. The zero-order chi connectivity index (χ0) is 13.7. The smallest absolute Gasteiger partial charge is 0.328 e. The SMILES string of the molecule is CC1CN(c2ccccc2C=CC(=O)O)CCCO1. The zero-order valence-corrected chi connectivity index (χ0v) is 11.1. The summed E-state index contributed by atoms with van der Waals surface area (Å²) in [4.78, 5) is 12.9. The van der Waals surface area contributed by atoms with E-state index in [0.29, 0.717) is 0 Å². The molecule has 19 heavy (non-hydrogen) atoms. The first-order valence-corrected chi connectivity index (χ1v) is 6.53. The molecule has 1 N–H and O–H groups in total. The summed E-state index contributed by atoms with van der Waals surface area (Å²) >= 11 is 0. The zero-order valence-electron chi connectivity index (χ0n) is 11.1. The molecule has 4 nitrogen and oxygen atoms in total. The van der Waals surface area contributed by atoms with E-state index in [9.17, 15) is 4.79 Å². The molecule has 0 radical (unpaired) electrons. The van der Waals surface area contributed by atoms with Gasteiger partial charge in [-0.2, -0.15) is 0 Å². The topological polar surface area (TPSA) is 49.8 Å². The average molecular weight is 261 g/mol. The van der Waals surface area contributed by atoms with Crippen LogP contribution in [-0.2, 0) is 9.53 Å². The summed E-state index contributed by atoms with van der Waals surface area (Å²) < 4.78 is 5.64. The van der Waals surface area contributed by atoms with Gasteiger partial charge < -0.3 is 14.7 Å². The number of anilines is 1. The first-order chi connectivity index (χ1) is 9.16. The maximum Gasteiger partial charge on any atom is 0.328 e. The van der Waals surface area contributed by atoms with Gasteiger partial charge in [0.25, 0.3) is 0 Å². The Bertz CT molecular complexity index is 470. The Labute approximate surface area is 113 Å². The van der Waals surface area contributed by atoms with Gasteiger partial charge in [0.15, 0.2) is 0 Å². The fourth-order valence-corrected chi connectivity index (χ4v) is 2.29. The van der Waals surface area contributed by atoms with Crippen LogP contribution in [0.2, 0.25) is 0 Å². The highest BCUT2D eigenvalue weighted by atomic mass is 16.5. The third-order valence-electron chi connectivity index (χ3n) is 3.14. The Kier molecular flexibility index (Phi) is 4.58. The van der Waals surface area contributed by atoms with E-state index in [4.69, 9.17) is 9.84 Å². The maximum atomic E-state index is 10.6. The lowest BCUT2D eigenvalue weighted by atomic mass is 10.1. The van der Waals surface area contributed by atoms with Crippen molar-refractivity contribution < 1.29 is 14.6 Å². The molecule has 2 rings (SSSR count). The van der Waals surface area contributed by atoms with Gasteiger partial charge in [-0.05, 0) is 31.1 Å². The first-order valence-electron chi connectivity index (χ1n) is 6.53. The van der Waals surface area contributed by atoms with E-state index in [-0.39, 0.29) is 6.10 Å². The van der Waals surface area contributed by atoms with Crippen LogP contribution in [0.5, 0.6) is 0 Å². The van der Waals surface area contributed by atoms with Gasteiger partial charge in [-0.15, -0.1) is 0 Å². The minimum Gasteiger partial charge on any atom is -0.478 e. The van der Waals surface area contributed by atoms with Crippen molar-refractivity contribution in [3.8, 4) is 0 Å². The number of benzene rings is 1. The molecule has 1 aliphatic heterocycles. The highest BCUT2D eigenvalue weighted by Gasteiger charge is 2.16. The Morgan fingerprint density at radius 3 is 3.05 bits per heavy atom. The summed E-state index contributed by atoms with van der Waals surface area (Å²) in [6.45, 7) is 4.61. The van der Waals surface area contributed by atoms with Crippen LogP contribution in [0.25, 0.3) is 6.08 Å². The minimum atomic E-state index is -0.928. The van der Waals surface area contributed by atoms with Gasteiger partial charge in [-0.1, -0.05) is 18.2 Å². The van der Waals surface area contributed by atoms with Crippen LogP contribution in [0, 0.1) is 0 Å². The lowest BCUT2D eigenvalue weighted by Crippen LogP contribution is -2.30. The molecule has 4 heteroatoms. The van der Waals surface area contributed by atoms with Crippen LogP contribution in [0.3, 0.4) is 0 Å². The molecule has 0 bridgehead atoms. The largest absolute Gasteiger partial charge is 0.478 e. The Morgan fingerprint density at radius 2 is 2.26 bits per heavy atom. The van der Waals surface area contributed by atoms with E-state index in [1.54, 1.807) is 6.08 Å². The van der Waals surface area contributed by atoms with Gasteiger partial charge >= 0.3 is 5.97 Å². The number of carboxylic acid groups (broad SMARTS) is 1. The standard InChI is InChI=1S/C15H19NO3/c1-12-11-16(9-4-10-19-12)14-6-3-2-5-13(14)7-8-15(17)18/h2-3,5-8,12H,4,9-11H2,1H3,(H,17,18). The van der Waals surface area contributed by atoms with Crippen molar-refractivity contribution in [1.29, 1.82) is 0 Å². The third kappa shape index (κ3) is 3.83. The third-order valence-corrected chi connectivity index (χ3v) is 3.14. The lowest BCUT2D eigenvalue weighted by Gasteiger charge is -2.26. The van der Waals surface area contributed by atoms with Crippen LogP contribution < -0.4 is 4.90 Å². The molecular formula is C15H19NO3. The molecule has 1 atom stereocenters. The molecule has 1 fully saturated rings. The molecule has 1 unspecified atom stereocenters.